The van der Waals surface area contributed by atoms with Gasteiger partial charge in [-0.25, -0.2) is 4.79 Å². The molecule has 1 saturated carbocycles. The molecule has 0 unspecified atom stereocenters. The van der Waals surface area contributed by atoms with Crippen LogP contribution >= 0.6 is 0 Å². The lowest BCUT2D eigenvalue weighted by Gasteiger charge is -2.40. The zero-order valence-electron chi connectivity index (χ0n) is 12.0. The summed E-state index contributed by atoms with van der Waals surface area (Å²) in [5, 5.41) is 9.30. The summed E-state index contributed by atoms with van der Waals surface area (Å²) in [6.07, 6.45) is 4.75. The van der Waals surface area contributed by atoms with Crippen LogP contribution in [-0.4, -0.2) is 34.0 Å². The Morgan fingerprint density at radius 1 is 1.22 bits per heavy atom. The molecule has 4 nitrogen and oxygen atoms in total. The summed E-state index contributed by atoms with van der Waals surface area (Å²) in [5.41, 5.74) is -1.45. The third-order valence-corrected chi connectivity index (χ3v) is 4.45. The Balaban J connectivity index is 3.02. The Hall–Kier alpha value is -1.06. The number of aliphatic carboxylic acids is 1. The SMILES string of the molecule is CCN(C(=O)C1(CC)CCCC1)C(C)(C)C(=O)O. The van der Waals surface area contributed by atoms with E-state index in [-0.39, 0.29) is 11.3 Å². The molecular formula is C14H25NO3. The highest BCUT2D eigenvalue weighted by Crippen LogP contribution is 2.43. The fraction of sp³-hybridized carbons (Fsp3) is 0.857. The average Bonchev–Trinajstić information content (AvgIpc) is 2.78. The molecule has 0 aromatic heterocycles. The van der Waals surface area contributed by atoms with E-state index in [1.165, 1.54) is 4.90 Å². The predicted molar refractivity (Wildman–Crippen MR) is 70.3 cm³/mol. The number of carboxylic acid groups (broad SMARTS) is 1. The van der Waals surface area contributed by atoms with E-state index in [9.17, 15) is 14.7 Å². The Morgan fingerprint density at radius 3 is 2.06 bits per heavy atom. The van der Waals surface area contributed by atoms with Crippen molar-refractivity contribution in [3.8, 4) is 0 Å². The fourth-order valence-electron chi connectivity index (χ4n) is 2.96. The van der Waals surface area contributed by atoms with E-state index in [0.29, 0.717) is 6.54 Å². The third-order valence-electron chi connectivity index (χ3n) is 4.45. The second kappa shape index (κ2) is 5.29. The summed E-state index contributed by atoms with van der Waals surface area (Å²) in [5.74, 6) is -0.917. The van der Waals surface area contributed by atoms with Gasteiger partial charge in [0.25, 0.3) is 0 Å². The van der Waals surface area contributed by atoms with Gasteiger partial charge < -0.3 is 10.0 Å². The first-order chi connectivity index (χ1) is 8.31. The number of amides is 1. The molecule has 0 bridgehead atoms. The number of rotatable bonds is 5. The number of hydrogen-bond donors (Lipinski definition) is 1. The maximum Gasteiger partial charge on any atom is 0.329 e. The van der Waals surface area contributed by atoms with Crippen LogP contribution in [0.2, 0.25) is 0 Å². The van der Waals surface area contributed by atoms with Crippen molar-refractivity contribution in [1.82, 2.24) is 4.90 Å². The van der Waals surface area contributed by atoms with E-state index >= 15 is 0 Å². The van der Waals surface area contributed by atoms with Gasteiger partial charge in [-0.05, 0) is 40.0 Å². The molecule has 1 aliphatic rings. The average molecular weight is 255 g/mol. The molecule has 1 N–H and O–H groups in total. The first-order valence-corrected chi connectivity index (χ1v) is 6.87. The molecule has 0 spiro atoms. The standard InChI is InChI=1S/C14H25NO3/c1-5-14(9-7-8-10-14)11(16)15(6-2)13(3,4)12(17)18/h5-10H2,1-4H3,(H,17,18). The summed E-state index contributed by atoms with van der Waals surface area (Å²) < 4.78 is 0. The molecule has 18 heavy (non-hydrogen) atoms. The highest BCUT2D eigenvalue weighted by molar-refractivity contribution is 5.89. The van der Waals surface area contributed by atoms with E-state index in [4.69, 9.17) is 0 Å². The van der Waals surface area contributed by atoms with Crippen molar-refractivity contribution < 1.29 is 14.7 Å². The Labute approximate surface area is 109 Å². The van der Waals surface area contributed by atoms with Gasteiger partial charge in [0.05, 0.1) is 0 Å². The van der Waals surface area contributed by atoms with Gasteiger partial charge >= 0.3 is 5.97 Å². The molecule has 1 rings (SSSR count). The van der Waals surface area contributed by atoms with Crippen molar-refractivity contribution in [2.45, 2.75) is 65.3 Å². The van der Waals surface area contributed by atoms with Gasteiger partial charge in [0.15, 0.2) is 0 Å². The van der Waals surface area contributed by atoms with E-state index in [2.05, 4.69) is 0 Å². The van der Waals surface area contributed by atoms with Gasteiger partial charge in [0.1, 0.15) is 5.54 Å². The van der Waals surface area contributed by atoms with Crippen molar-refractivity contribution in [2.24, 2.45) is 5.41 Å². The molecule has 0 aromatic carbocycles. The van der Waals surface area contributed by atoms with Crippen LogP contribution in [0.5, 0.6) is 0 Å². The van der Waals surface area contributed by atoms with Crippen molar-refractivity contribution in [3.63, 3.8) is 0 Å². The van der Waals surface area contributed by atoms with Crippen molar-refractivity contribution >= 4 is 11.9 Å². The third kappa shape index (κ3) is 2.38. The van der Waals surface area contributed by atoms with Gasteiger partial charge in [-0.2, -0.15) is 0 Å². The zero-order valence-corrected chi connectivity index (χ0v) is 12.0. The normalized spacial score (nSPS) is 18.7. The molecule has 0 aliphatic heterocycles. The van der Waals surface area contributed by atoms with Crippen LogP contribution in [0.3, 0.4) is 0 Å². The first kappa shape index (κ1) is 15.0. The maximum atomic E-state index is 12.7. The van der Waals surface area contributed by atoms with Crippen LogP contribution in [0.15, 0.2) is 0 Å². The Kier molecular flexibility index (Phi) is 4.41. The lowest BCUT2D eigenvalue weighted by molar-refractivity contribution is -0.161. The molecule has 1 fully saturated rings. The molecule has 0 radical (unpaired) electrons. The fourth-order valence-corrected chi connectivity index (χ4v) is 2.96. The van der Waals surface area contributed by atoms with Crippen molar-refractivity contribution in [1.29, 1.82) is 0 Å². The second-order valence-corrected chi connectivity index (χ2v) is 5.75. The summed E-state index contributed by atoms with van der Waals surface area (Å²) in [7, 11) is 0. The van der Waals surface area contributed by atoms with Gasteiger partial charge in [-0.3, -0.25) is 4.79 Å². The molecule has 104 valence electrons. The van der Waals surface area contributed by atoms with Gasteiger partial charge in [-0.1, -0.05) is 19.8 Å². The lowest BCUT2D eigenvalue weighted by atomic mass is 9.80. The lowest BCUT2D eigenvalue weighted by Crippen LogP contribution is -2.56. The Bertz CT molecular complexity index is 330. The molecule has 4 heteroatoms. The van der Waals surface area contributed by atoms with E-state index < -0.39 is 11.5 Å². The minimum Gasteiger partial charge on any atom is -0.480 e. The summed E-state index contributed by atoms with van der Waals surface area (Å²) in [6, 6.07) is 0. The summed E-state index contributed by atoms with van der Waals surface area (Å²) >= 11 is 0. The van der Waals surface area contributed by atoms with Gasteiger partial charge in [-0.15, -0.1) is 0 Å². The molecule has 0 aromatic rings. The number of carbonyl (C=O) groups excluding carboxylic acids is 1. The number of carboxylic acids is 1. The van der Waals surface area contributed by atoms with Crippen LogP contribution in [0.1, 0.15) is 59.8 Å². The quantitative estimate of drug-likeness (QED) is 0.821. The molecule has 1 amide bonds. The minimum absolute atomic E-state index is 0.0254. The molecule has 0 heterocycles. The van der Waals surface area contributed by atoms with Crippen molar-refractivity contribution in [3.05, 3.63) is 0 Å². The highest BCUT2D eigenvalue weighted by Gasteiger charge is 2.47. The summed E-state index contributed by atoms with van der Waals surface area (Å²) in [4.78, 5) is 25.6. The zero-order chi connectivity index (χ0) is 14.0. The van der Waals surface area contributed by atoms with Gasteiger partial charge in [0, 0.05) is 12.0 Å². The smallest absolute Gasteiger partial charge is 0.329 e. The van der Waals surface area contributed by atoms with Crippen molar-refractivity contribution in [2.75, 3.05) is 6.54 Å². The first-order valence-electron chi connectivity index (χ1n) is 6.87. The molecule has 0 saturated heterocycles. The number of nitrogens with zero attached hydrogens (tertiary/aromatic N) is 1. The van der Waals surface area contributed by atoms with Gasteiger partial charge in [0.2, 0.25) is 5.91 Å². The minimum atomic E-state index is -1.13. The van der Waals surface area contributed by atoms with E-state index in [0.717, 1.165) is 32.1 Å². The van der Waals surface area contributed by atoms with Crippen LogP contribution in [0, 0.1) is 5.41 Å². The maximum absolute atomic E-state index is 12.7. The van der Waals surface area contributed by atoms with Crippen LogP contribution < -0.4 is 0 Å². The molecule has 0 atom stereocenters. The van der Waals surface area contributed by atoms with Crippen LogP contribution in [0.25, 0.3) is 0 Å². The monoisotopic (exact) mass is 255 g/mol. The molecule has 1 aliphatic carbocycles. The Morgan fingerprint density at radius 2 is 1.72 bits per heavy atom. The number of hydrogen-bond acceptors (Lipinski definition) is 2. The van der Waals surface area contributed by atoms with Crippen LogP contribution in [0.4, 0.5) is 0 Å². The predicted octanol–water partition coefficient (Wildman–Crippen LogP) is 2.67. The summed E-state index contributed by atoms with van der Waals surface area (Å²) in [6.45, 7) is 7.54. The molecular weight excluding hydrogens is 230 g/mol. The highest BCUT2D eigenvalue weighted by atomic mass is 16.4. The van der Waals surface area contributed by atoms with E-state index in [1.54, 1.807) is 13.8 Å². The second-order valence-electron chi connectivity index (χ2n) is 5.75. The largest absolute Gasteiger partial charge is 0.480 e. The number of likely N-dealkylation sites (N-methyl/N-ethyl adjacent to an activating group) is 1. The topological polar surface area (TPSA) is 57.6 Å². The van der Waals surface area contributed by atoms with Crippen LogP contribution in [-0.2, 0) is 9.59 Å². The van der Waals surface area contributed by atoms with E-state index in [1.807, 2.05) is 13.8 Å². The number of carbonyl (C=O) groups is 2.